The van der Waals surface area contributed by atoms with Crippen molar-refractivity contribution in [2.45, 2.75) is 51.4 Å². The van der Waals surface area contributed by atoms with Crippen LogP contribution in [0, 0.1) is 0 Å². The minimum absolute atomic E-state index is 0.190. The fraction of sp³-hybridized carbons (Fsp3) is 0.160. The van der Waals surface area contributed by atoms with Gasteiger partial charge in [-0.05, 0) is 118 Å². The van der Waals surface area contributed by atoms with Crippen molar-refractivity contribution < 1.29 is 0 Å². The Morgan fingerprint density at radius 2 is 0.769 bits per heavy atom. The summed E-state index contributed by atoms with van der Waals surface area (Å²) in [5, 5.41) is 5.08. The van der Waals surface area contributed by atoms with Gasteiger partial charge in [0.05, 0.1) is 22.1 Å². The van der Waals surface area contributed by atoms with Crippen LogP contribution < -0.4 is 0 Å². The Morgan fingerprint density at radius 1 is 0.346 bits per heavy atom. The molecule has 0 atom stereocenters. The van der Waals surface area contributed by atoms with Gasteiger partial charge in [-0.3, -0.25) is 0 Å². The lowest BCUT2D eigenvalue weighted by atomic mass is 9.63. The van der Waals surface area contributed by atoms with E-state index < -0.39 is 0 Å². The SMILES string of the molecule is CC1(C)CCC(C)(C)c2cc(-c3ccc(-n4c5ccccc5c5cc(-c6ccc7c(c6)c6ccccc6n7-c6ccccc6)ccc54)cc3)ccc21. The van der Waals surface area contributed by atoms with E-state index in [1.807, 2.05) is 0 Å². The van der Waals surface area contributed by atoms with Crippen LogP contribution in [0.5, 0.6) is 0 Å². The highest BCUT2D eigenvalue weighted by Gasteiger charge is 2.37. The normalized spacial score (nSPS) is 15.1. The van der Waals surface area contributed by atoms with Gasteiger partial charge in [-0.25, -0.2) is 0 Å². The van der Waals surface area contributed by atoms with Crippen molar-refractivity contribution in [2.24, 2.45) is 0 Å². The minimum atomic E-state index is 0.190. The molecule has 0 amide bonds. The molecule has 2 nitrogen and oxygen atoms in total. The van der Waals surface area contributed by atoms with Crippen molar-refractivity contribution in [1.29, 1.82) is 0 Å². The van der Waals surface area contributed by atoms with Crippen LogP contribution in [0.25, 0.3) is 77.2 Å². The van der Waals surface area contributed by atoms with Gasteiger partial charge in [-0.15, -0.1) is 0 Å². The summed E-state index contributed by atoms with van der Waals surface area (Å²) in [6.45, 7) is 9.61. The van der Waals surface area contributed by atoms with Crippen molar-refractivity contribution in [3.63, 3.8) is 0 Å². The Morgan fingerprint density at radius 3 is 1.35 bits per heavy atom. The van der Waals surface area contributed by atoms with E-state index in [1.165, 1.54) is 101 Å². The molecule has 0 radical (unpaired) electrons. The molecule has 2 heteroatoms. The molecule has 252 valence electrons. The largest absolute Gasteiger partial charge is 0.309 e. The number of hydrogen-bond acceptors (Lipinski definition) is 0. The second-order valence-corrected chi connectivity index (χ2v) is 16.1. The van der Waals surface area contributed by atoms with Crippen LogP contribution >= 0.6 is 0 Å². The maximum absolute atomic E-state index is 2.46. The fourth-order valence-electron chi connectivity index (χ4n) is 9.01. The average molecular weight is 671 g/mol. The highest BCUT2D eigenvalue weighted by Crippen LogP contribution is 2.47. The maximum Gasteiger partial charge on any atom is 0.0541 e. The zero-order valence-corrected chi connectivity index (χ0v) is 30.3. The van der Waals surface area contributed by atoms with Crippen LogP contribution in [0.3, 0.4) is 0 Å². The molecule has 0 N–H and O–H groups in total. The lowest BCUT2D eigenvalue weighted by Gasteiger charge is -2.42. The molecule has 0 bridgehead atoms. The van der Waals surface area contributed by atoms with E-state index in [-0.39, 0.29) is 10.8 Å². The first-order chi connectivity index (χ1) is 25.3. The molecular formula is C50H42N2. The molecule has 0 aliphatic heterocycles. The summed E-state index contributed by atoms with van der Waals surface area (Å²) < 4.78 is 4.80. The lowest BCUT2D eigenvalue weighted by Crippen LogP contribution is -2.33. The average Bonchev–Trinajstić information content (AvgIpc) is 3.69. The minimum Gasteiger partial charge on any atom is -0.309 e. The highest BCUT2D eigenvalue weighted by molar-refractivity contribution is 6.12. The van der Waals surface area contributed by atoms with E-state index in [2.05, 4.69) is 195 Å². The van der Waals surface area contributed by atoms with Gasteiger partial charge in [0.1, 0.15) is 0 Å². The van der Waals surface area contributed by atoms with E-state index >= 15 is 0 Å². The topological polar surface area (TPSA) is 9.86 Å². The van der Waals surface area contributed by atoms with E-state index in [0.717, 1.165) is 0 Å². The van der Waals surface area contributed by atoms with Gasteiger partial charge >= 0.3 is 0 Å². The molecule has 1 aliphatic carbocycles. The van der Waals surface area contributed by atoms with E-state index in [1.54, 1.807) is 0 Å². The van der Waals surface area contributed by atoms with Crippen molar-refractivity contribution in [2.75, 3.05) is 0 Å². The van der Waals surface area contributed by atoms with Crippen molar-refractivity contribution in [1.82, 2.24) is 9.13 Å². The van der Waals surface area contributed by atoms with Gasteiger partial charge in [-0.1, -0.05) is 125 Å². The molecule has 2 heterocycles. The third-order valence-corrected chi connectivity index (χ3v) is 12.0. The highest BCUT2D eigenvalue weighted by atomic mass is 15.0. The molecule has 1 aliphatic rings. The van der Waals surface area contributed by atoms with E-state index in [0.29, 0.717) is 0 Å². The molecule has 7 aromatic carbocycles. The number of aromatic nitrogens is 2. The summed E-state index contributed by atoms with van der Waals surface area (Å²) in [5.41, 5.74) is 15.7. The van der Waals surface area contributed by atoms with Crippen molar-refractivity contribution >= 4 is 43.6 Å². The number of para-hydroxylation sites is 3. The van der Waals surface area contributed by atoms with Crippen LogP contribution in [-0.4, -0.2) is 9.13 Å². The summed E-state index contributed by atoms with van der Waals surface area (Å²) in [5.74, 6) is 0. The van der Waals surface area contributed by atoms with Crippen LogP contribution in [0.15, 0.2) is 158 Å². The second-order valence-electron chi connectivity index (χ2n) is 16.1. The molecule has 2 aromatic heterocycles. The number of fused-ring (bicyclic) bond motifs is 7. The first kappa shape index (κ1) is 30.9. The second kappa shape index (κ2) is 11.3. The third-order valence-electron chi connectivity index (χ3n) is 12.0. The smallest absolute Gasteiger partial charge is 0.0541 e. The van der Waals surface area contributed by atoms with Gasteiger partial charge in [0, 0.05) is 32.9 Å². The molecule has 10 rings (SSSR count). The van der Waals surface area contributed by atoms with Crippen LogP contribution in [0.2, 0.25) is 0 Å². The quantitative estimate of drug-likeness (QED) is 0.176. The fourth-order valence-corrected chi connectivity index (χ4v) is 9.01. The Balaban J connectivity index is 1.07. The van der Waals surface area contributed by atoms with Gasteiger partial charge in [-0.2, -0.15) is 0 Å². The summed E-state index contributed by atoms with van der Waals surface area (Å²) in [6, 6.07) is 58.5. The standard InChI is InChI=1S/C50H42N2/c1-49(2)28-29-50(3,4)44-32-36(20-25-43(44)49)33-18-23-38(24-19-33)52-46-17-11-9-15-40(46)42-31-35(22-27-48(42)52)34-21-26-47-41(30-34)39-14-8-10-16-45(39)51(47)37-12-6-5-7-13-37/h5-27,30-32H,28-29H2,1-4H3. The molecule has 52 heavy (non-hydrogen) atoms. The van der Waals surface area contributed by atoms with Crippen LogP contribution in [0.1, 0.15) is 51.7 Å². The van der Waals surface area contributed by atoms with Gasteiger partial charge in [0.2, 0.25) is 0 Å². The van der Waals surface area contributed by atoms with E-state index in [9.17, 15) is 0 Å². The Bertz CT molecular complexity index is 2830. The predicted octanol–water partition coefficient (Wildman–Crippen LogP) is 13.6. The maximum atomic E-state index is 2.46. The predicted molar refractivity (Wildman–Crippen MR) is 221 cm³/mol. The van der Waals surface area contributed by atoms with Gasteiger partial charge in [0.15, 0.2) is 0 Å². The lowest BCUT2D eigenvalue weighted by molar-refractivity contribution is 0.332. The first-order valence-electron chi connectivity index (χ1n) is 18.6. The van der Waals surface area contributed by atoms with E-state index in [4.69, 9.17) is 0 Å². The molecule has 0 unspecified atom stereocenters. The molecule has 0 spiro atoms. The van der Waals surface area contributed by atoms with Crippen LogP contribution in [-0.2, 0) is 10.8 Å². The first-order valence-corrected chi connectivity index (χ1v) is 18.6. The summed E-state index contributed by atoms with van der Waals surface area (Å²) in [4.78, 5) is 0. The van der Waals surface area contributed by atoms with Crippen molar-refractivity contribution in [3.05, 3.63) is 169 Å². The third kappa shape index (κ3) is 4.70. The molecule has 0 fully saturated rings. The summed E-state index contributed by atoms with van der Waals surface area (Å²) in [6.07, 6.45) is 2.45. The molecule has 9 aromatic rings. The Hall–Kier alpha value is -5.86. The monoisotopic (exact) mass is 670 g/mol. The molecule has 0 saturated heterocycles. The summed E-state index contributed by atoms with van der Waals surface area (Å²) >= 11 is 0. The van der Waals surface area contributed by atoms with Crippen LogP contribution in [0.4, 0.5) is 0 Å². The zero-order valence-electron chi connectivity index (χ0n) is 30.3. The van der Waals surface area contributed by atoms with Crippen molar-refractivity contribution in [3.8, 4) is 33.6 Å². The number of benzene rings is 7. The zero-order chi connectivity index (χ0) is 35.2. The number of rotatable bonds is 4. The van der Waals surface area contributed by atoms with Gasteiger partial charge < -0.3 is 9.13 Å². The summed E-state index contributed by atoms with van der Waals surface area (Å²) in [7, 11) is 0. The Kier molecular flexibility index (Phi) is 6.73. The van der Waals surface area contributed by atoms with Gasteiger partial charge in [0.25, 0.3) is 0 Å². The number of hydrogen-bond donors (Lipinski definition) is 0. The molecule has 0 saturated carbocycles. The Labute approximate surface area is 305 Å². The number of nitrogens with zero attached hydrogens (tertiary/aromatic N) is 2. The molecular weight excluding hydrogens is 629 g/mol.